The van der Waals surface area contributed by atoms with Crippen molar-refractivity contribution in [1.82, 2.24) is 5.32 Å². The van der Waals surface area contributed by atoms with Crippen LogP contribution in [0.15, 0.2) is 42.5 Å². The SMILES string of the molecule is CC(C)COCCNC(=O)c1cccc2ccccc12. The molecule has 0 aliphatic rings. The standard InChI is InChI=1S/C17H21NO2/c1-13(2)12-20-11-10-18-17(19)16-9-5-7-14-6-3-4-8-15(14)16/h3-9,13H,10-12H2,1-2H3,(H,18,19). The van der Waals surface area contributed by atoms with Crippen LogP contribution in [0.4, 0.5) is 0 Å². The number of ether oxygens (including phenoxy) is 1. The highest BCUT2D eigenvalue weighted by atomic mass is 16.5. The normalized spacial score (nSPS) is 10.9. The average molecular weight is 271 g/mol. The summed E-state index contributed by atoms with van der Waals surface area (Å²) in [5.41, 5.74) is 0.715. The zero-order valence-electron chi connectivity index (χ0n) is 12.1. The summed E-state index contributed by atoms with van der Waals surface area (Å²) in [5, 5.41) is 4.96. The van der Waals surface area contributed by atoms with E-state index in [1.807, 2.05) is 42.5 Å². The number of hydrogen-bond acceptors (Lipinski definition) is 2. The molecule has 1 N–H and O–H groups in total. The molecule has 0 saturated carbocycles. The van der Waals surface area contributed by atoms with Gasteiger partial charge in [-0.1, -0.05) is 50.2 Å². The van der Waals surface area contributed by atoms with E-state index in [1.165, 1.54) is 0 Å². The molecule has 0 bridgehead atoms. The highest BCUT2D eigenvalue weighted by molar-refractivity contribution is 6.06. The Labute approximate surface area is 119 Å². The van der Waals surface area contributed by atoms with Crippen molar-refractivity contribution in [3.63, 3.8) is 0 Å². The first-order valence-electron chi connectivity index (χ1n) is 7.02. The summed E-state index contributed by atoms with van der Waals surface area (Å²) >= 11 is 0. The zero-order valence-corrected chi connectivity index (χ0v) is 12.1. The van der Waals surface area contributed by atoms with Gasteiger partial charge in [-0.25, -0.2) is 0 Å². The van der Waals surface area contributed by atoms with Gasteiger partial charge in [0.2, 0.25) is 0 Å². The second-order valence-corrected chi connectivity index (χ2v) is 5.25. The first kappa shape index (κ1) is 14.5. The molecule has 0 atom stereocenters. The van der Waals surface area contributed by atoms with E-state index in [-0.39, 0.29) is 5.91 Å². The summed E-state index contributed by atoms with van der Waals surface area (Å²) in [7, 11) is 0. The Morgan fingerprint density at radius 3 is 2.70 bits per heavy atom. The summed E-state index contributed by atoms with van der Waals surface area (Å²) in [5.74, 6) is 0.471. The fourth-order valence-corrected chi connectivity index (χ4v) is 2.07. The van der Waals surface area contributed by atoms with Crippen LogP contribution in [0.25, 0.3) is 10.8 Å². The lowest BCUT2D eigenvalue weighted by molar-refractivity contribution is 0.0887. The van der Waals surface area contributed by atoms with Gasteiger partial charge in [0.15, 0.2) is 0 Å². The maximum atomic E-state index is 12.2. The van der Waals surface area contributed by atoms with Gasteiger partial charge in [-0.15, -0.1) is 0 Å². The third-order valence-corrected chi connectivity index (χ3v) is 3.02. The Bertz CT molecular complexity index is 573. The molecule has 0 heterocycles. The van der Waals surface area contributed by atoms with Crippen molar-refractivity contribution in [3.05, 3.63) is 48.0 Å². The summed E-state index contributed by atoms with van der Waals surface area (Å²) in [4.78, 5) is 12.2. The minimum Gasteiger partial charge on any atom is -0.379 e. The zero-order chi connectivity index (χ0) is 14.4. The number of rotatable bonds is 6. The number of fused-ring (bicyclic) bond motifs is 1. The Morgan fingerprint density at radius 1 is 1.15 bits per heavy atom. The number of hydrogen-bond donors (Lipinski definition) is 1. The van der Waals surface area contributed by atoms with Gasteiger partial charge in [-0.05, 0) is 22.8 Å². The van der Waals surface area contributed by atoms with Gasteiger partial charge in [-0.3, -0.25) is 4.79 Å². The lowest BCUT2D eigenvalue weighted by Crippen LogP contribution is -2.27. The van der Waals surface area contributed by atoms with E-state index in [2.05, 4.69) is 19.2 Å². The van der Waals surface area contributed by atoms with Gasteiger partial charge in [0.1, 0.15) is 0 Å². The van der Waals surface area contributed by atoms with Crippen molar-refractivity contribution < 1.29 is 9.53 Å². The van der Waals surface area contributed by atoms with Gasteiger partial charge >= 0.3 is 0 Å². The lowest BCUT2D eigenvalue weighted by atomic mass is 10.0. The molecule has 20 heavy (non-hydrogen) atoms. The highest BCUT2D eigenvalue weighted by Crippen LogP contribution is 2.18. The number of carbonyl (C=O) groups is 1. The van der Waals surface area contributed by atoms with E-state index < -0.39 is 0 Å². The summed E-state index contributed by atoms with van der Waals surface area (Å²) in [6, 6.07) is 13.7. The molecule has 3 nitrogen and oxygen atoms in total. The second kappa shape index (κ2) is 7.06. The fraction of sp³-hybridized carbons (Fsp3) is 0.353. The largest absolute Gasteiger partial charge is 0.379 e. The molecule has 2 aromatic carbocycles. The quantitative estimate of drug-likeness (QED) is 0.819. The highest BCUT2D eigenvalue weighted by Gasteiger charge is 2.08. The molecule has 0 fully saturated rings. The van der Waals surface area contributed by atoms with Crippen LogP contribution in [0.1, 0.15) is 24.2 Å². The first-order chi connectivity index (χ1) is 9.68. The predicted molar refractivity (Wildman–Crippen MR) is 81.9 cm³/mol. The van der Waals surface area contributed by atoms with Crippen LogP contribution in [0.5, 0.6) is 0 Å². The van der Waals surface area contributed by atoms with Crippen molar-refractivity contribution in [3.8, 4) is 0 Å². The number of amides is 1. The maximum absolute atomic E-state index is 12.2. The minimum atomic E-state index is -0.0463. The average Bonchev–Trinajstić information content (AvgIpc) is 2.45. The van der Waals surface area contributed by atoms with Gasteiger partial charge < -0.3 is 10.1 Å². The van der Waals surface area contributed by atoms with Crippen LogP contribution in [0.2, 0.25) is 0 Å². The van der Waals surface area contributed by atoms with Gasteiger partial charge in [0.25, 0.3) is 5.91 Å². The molecule has 2 rings (SSSR count). The molecule has 0 aliphatic carbocycles. The third kappa shape index (κ3) is 3.81. The van der Waals surface area contributed by atoms with Gasteiger partial charge in [-0.2, -0.15) is 0 Å². The number of benzene rings is 2. The van der Waals surface area contributed by atoms with Crippen molar-refractivity contribution in [2.75, 3.05) is 19.8 Å². The smallest absolute Gasteiger partial charge is 0.251 e. The van der Waals surface area contributed by atoms with E-state index in [4.69, 9.17) is 4.74 Å². The minimum absolute atomic E-state index is 0.0463. The molecule has 3 heteroatoms. The summed E-state index contributed by atoms with van der Waals surface area (Å²) in [6.07, 6.45) is 0. The molecular weight excluding hydrogens is 250 g/mol. The number of nitrogens with one attached hydrogen (secondary N) is 1. The van der Waals surface area contributed by atoms with Gasteiger partial charge in [0.05, 0.1) is 6.61 Å². The monoisotopic (exact) mass is 271 g/mol. The van der Waals surface area contributed by atoms with E-state index >= 15 is 0 Å². The Morgan fingerprint density at radius 2 is 1.90 bits per heavy atom. The molecule has 2 aromatic rings. The van der Waals surface area contributed by atoms with E-state index in [1.54, 1.807) is 0 Å². The molecule has 0 saturated heterocycles. The Balaban J connectivity index is 1.94. The Hall–Kier alpha value is -1.87. The van der Waals surface area contributed by atoms with Crippen molar-refractivity contribution in [2.24, 2.45) is 5.92 Å². The maximum Gasteiger partial charge on any atom is 0.251 e. The molecule has 106 valence electrons. The van der Waals surface area contributed by atoms with Crippen LogP contribution in [-0.4, -0.2) is 25.7 Å². The van der Waals surface area contributed by atoms with E-state index in [0.717, 1.165) is 17.4 Å². The van der Waals surface area contributed by atoms with Crippen LogP contribution in [0.3, 0.4) is 0 Å². The van der Waals surface area contributed by atoms with Crippen LogP contribution >= 0.6 is 0 Å². The van der Waals surface area contributed by atoms with Crippen LogP contribution in [-0.2, 0) is 4.74 Å². The molecular formula is C17H21NO2. The van der Waals surface area contributed by atoms with E-state index in [9.17, 15) is 4.79 Å². The third-order valence-electron chi connectivity index (χ3n) is 3.02. The van der Waals surface area contributed by atoms with Crippen molar-refractivity contribution in [1.29, 1.82) is 0 Å². The summed E-state index contributed by atoms with van der Waals surface area (Å²) in [6.45, 7) is 6.02. The molecule has 1 amide bonds. The summed E-state index contributed by atoms with van der Waals surface area (Å²) < 4.78 is 5.45. The topological polar surface area (TPSA) is 38.3 Å². The van der Waals surface area contributed by atoms with Crippen LogP contribution in [0, 0.1) is 5.92 Å². The Kier molecular flexibility index (Phi) is 5.13. The van der Waals surface area contributed by atoms with Crippen LogP contribution < -0.4 is 5.32 Å². The fourth-order valence-electron chi connectivity index (χ4n) is 2.07. The van der Waals surface area contributed by atoms with Gasteiger partial charge in [0, 0.05) is 18.7 Å². The molecule has 0 aromatic heterocycles. The van der Waals surface area contributed by atoms with Crippen molar-refractivity contribution in [2.45, 2.75) is 13.8 Å². The lowest BCUT2D eigenvalue weighted by Gasteiger charge is -2.09. The molecule has 0 radical (unpaired) electrons. The number of carbonyl (C=O) groups excluding carboxylic acids is 1. The molecule has 0 spiro atoms. The molecule has 0 unspecified atom stereocenters. The first-order valence-corrected chi connectivity index (χ1v) is 7.02. The second-order valence-electron chi connectivity index (χ2n) is 5.25. The predicted octanol–water partition coefficient (Wildman–Crippen LogP) is 3.24. The van der Waals surface area contributed by atoms with Crippen molar-refractivity contribution >= 4 is 16.7 Å². The van der Waals surface area contributed by atoms with E-state index in [0.29, 0.717) is 24.6 Å². The molecule has 0 aliphatic heterocycles.